The molecular weight excluding hydrogens is 372 g/mol. The largest absolute Gasteiger partial charge is 0.353 e. The van der Waals surface area contributed by atoms with Gasteiger partial charge in [0.05, 0.1) is 11.2 Å². The second-order valence-corrected chi connectivity index (χ2v) is 7.42. The second-order valence-electron chi connectivity index (χ2n) is 5.73. The van der Waals surface area contributed by atoms with Gasteiger partial charge in [0.15, 0.2) is 5.13 Å². The number of piperazine rings is 1. The maximum absolute atomic E-state index is 4.85. The fourth-order valence-corrected chi connectivity index (χ4v) is 4.22. The molecule has 0 bridgehead atoms. The van der Waals surface area contributed by atoms with Crippen molar-refractivity contribution in [2.45, 2.75) is 6.92 Å². The molecule has 1 fully saturated rings. The van der Waals surface area contributed by atoms with Gasteiger partial charge in [0, 0.05) is 41.4 Å². The van der Waals surface area contributed by atoms with E-state index in [1.54, 1.807) is 11.3 Å². The van der Waals surface area contributed by atoms with E-state index in [0.29, 0.717) is 0 Å². The number of hydrogen-bond acceptors (Lipinski definition) is 5. The zero-order valence-electron chi connectivity index (χ0n) is 12.9. The van der Waals surface area contributed by atoms with Gasteiger partial charge in [-0.3, -0.25) is 0 Å². The van der Waals surface area contributed by atoms with E-state index in [0.717, 1.165) is 52.8 Å². The minimum Gasteiger partial charge on any atom is -0.353 e. The van der Waals surface area contributed by atoms with Crippen LogP contribution in [0, 0.1) is 6.92 Å². The molecule has 1 aliphatic heterocycles. The van der Waals surface area contributed by atoms with E-state index in [2.05, 4.69) is 54.3 Å². The quantitative estimate of drug-likeness (QED) is 0.661. The summed E-state index contributed by atoms with van der Waals surface area (Å²) in [5, 5.41) is 4.42. The van der Waals surface area contributed by atoms with Gasteiger partial charge < -0.3 is 9.80 Å². The first-order valence-corrected chi connectivity index (χ1v) is 9.35. The van der Waals surface area contributed by atoms with Crippen molar-refractivity contribution in [3.05, 3.63) is 45.9 Å². The van der Waals surface area contributed by atoms with Gasteiger partial charge in [0.25, 0.3) is 0 Å². The molecule has 4 rings (SSSR count). The van der Waals surface area contributed by atoms with Crippen LogP contribution < -0.4 is 9.80 Å². The third-order valence-corrected chi connectivity index (χ3v) is 5.80. The Hall–Kier alpha value is -1.66. The molecule has 0 aliphatic carbocycles. The first-order valence-electron chi connectivity index (χ1n) is 7.68. The third kappa shape index (κ3) is 2.93. The van der Waals surface area contributed by atoms with Crippen molar-refractivity contribution in [3.8, 4) is 0 Å². The highest BCUT2D eigenvalue weighted by atomic mass is 79.9. The number of halogens is 1. The molecule has 0 unspecified atom stereocenters. The molecule has 0 amide bonds. The zero-order chi connectivity index (χ0) is 15.8. The third-order valence-electron chi connectivity index (χ3n) is 4.14. The summed E-state index contributed by atoms with van der Waals surface area (Å²) in [4.78, 5) is 14.2. The Morgan fingerprint density at radius 3 is 2.52 bits per heavy atom. The number of aromatic nitrogens is 2. The topological polar surface area (TPSA) is 32.3 Å². The smallest absolute Gasteiger partial charge is 0.185 e. The number of anilines is 2. The van der Waals surface area contributed by atoms with Crippen LogP contribution in [0.15, 0.2) is 40.2 Å². The van der Waals surface area contributed by atoms with Crippen LogP contribution in [0.5, 0.6) is 0 Å². The average molecular weight is 389 g/mol. The summed E-state index contributed by atoms with van der Waals surface area (Å²) in [5.41, 5.74) is 2.14. The number of rotatable bonds is 2. The number of benzene rings is 1. The van der Waals surface area contributed by atoms with Gasteiger partial charge in [-0.1, -0.05) is 12.1 Å². The highest BCUT2D eigenvalue weighted by molar-refractivity contribution is 9.10. The summed E-state index contributed by atoms with van der Waals surface area (Å²) >= 11 is 5.33. The maximum Gasteiger partial charge on any atom is 0.185 e. The molecule has 6 heteroatoms. The lowest BCUT2D eigenvalue weighted by atomic mass is 10.2. The zero-order valence-corrected chi connectivity index (χ0v) is 15.3. The van der Waals surface area contributed by atoms with E-state index in [9.17, 15) is 0 Å². The van der Waals surface area contributed by atoms with E-state index in [4.69, 9.17) is 4.98 Å². The van der Waals surface area contributed by atoms with Gasteiger partial charge >= 0.3 is 0 Å². The van der Waals surface area contributed by atoms with Crippen molar-refractivity contribution in [1.29, 1.82) is 0 Å². The van der Waals surface area contributed by atoms with Crippen LogP contribution >= 0.6 is 27.3 Å². The minimum atomic E-state index is 0.974. The van der Waals surface area contributed by atoms with E-state index in [1.807, 2.05) is 19.1 Å². The molecule has 4 nitrogen and oxygen atoms in total. The number of fused-ring (bicyclic) bond motifs is 1. The maximum atomic E-state index is 4.85. The van der Waals surface area contributed by atoms with Crippen molar-refractivity contribution in [1.82, 2.24) is 9.97 Å². The molecule has 1 saturated heterocycles. The molecule has 3 aromatic rings. The van der Waals surface area contributed by atoms with Gasteiger partial charge in [-0.2, -0.15) is 0 Å². The van der Waals surface area contributed by atoms with Crippen LogP contribution in [0.2, 0.25) is 0 Å². The van der Waals surface area contributed by atoms with Crippen molar-refractivity contribution in [2.24, 2.45) is 0 Å². The Morgan fingerprint density at radius 2 is 1.78 bits per heavy atom. The Balaban J connectivity index is 1.53. The van der Waals surface area contributed by atoms with Crippen molar-refractivity contribution in [2.75, 3.05) is 36.0 Å². The molecule has 3 heterocycles. The molecule has 1 aromatic carbocycles. The lowest BCUT2D eigenvalue weighted by molar-refractivity contribution is 0.646. The molecular formula is C17H17BrN4S. The Kier molecular flexibility index (Phi) is 3.95. The minimum absolute atomic E-state index is 0.974. The second kappa shape index (κ2) is 6.09. The van der Waals surface area contributed by atoms with Gasteiger partial charge in [-0.25, -0.2) is 9.97 Å². The van der Waals surface area contributed by atoms with Crippen LogP contribution in [0.3, 0.4) is 0 Å². The van der Waals surface area contributed by atoms with Crippen molar-refractivity contribution in [3.63, 3.8) is 0 Å². The van der Waals surface area contributed by atoms with Crippen LogP contribution in [-0.4, -0.2) is 36.1 Å². The molecule has 2 aromatic heterocycles. The van der Waals surface area contributed by atoms with Gasteiger partial charge in [-0.05, 0) is 41.1 Å². The number of pyridine rings is 1. The van der Waals surface area contributed by atoms with Gasteiger partial charge in [0.1, 0.15) is 5.82 Å². The van der Waals surface area contributed by atoms with Crippen molar-refractivity contribution < 1.29 is 0 Å². The average Bonchev–Trinajstić information content (AvgIpc) is 3.02. The summed E-state index contributed by atoms with van der Waals surface area (Å²) in [6.45, 7) is 5.97. The number of para-hydroxylation sites is 1. The first-order chi connectivity index (χ1) is 11.2. The number of hydrogen-bond donors (Lipinski definition) is 0. The SMILES string of the molecule is Cc1csc(N2CCN(c3ccc4cccc(Br)c4n3)CC2)n1. The highest BCUT2D eigenvalue weighted by Crippen LogP contribution is 2.26. The normalized spacial score (nSPS) is 15.4. The van der Waals surface area contributed by atoms with Crippen LogP contribution in [-0.2, 0) is 0 Å². The van der Waals surface area contributed by atoms with Crippen molar-refractivity contribution >= 4 is 49.1 Å². The predicted octanol–water partition coefficient (Wildman–Crippen LogP) is 4.09. The fraction of sp³-hybridized carbons (Fsp3) is 0.294. The Bertz CT molecular complexity index is 839. The molecule has 0 radical (unpaired) electrons. The fourth-order valence-electron chi connectivity index (χ4n) is 2.89. The summed E-state index contributed by atoms with van der Waals surface area (Å²) in [7, 11) is 0. The lowest BCUT2D eigenvalue weighted by Gasteiger charge is -2.35. The highest BCUT2D eigenvalue weighted by Gasteiger charge is 2.20. The molecule has 0 spiro atoms. The summed E-state index contributed by atoms with van der Waals surface area (Å²) in [6, 6.07) is 10.5. The molecule has 0 N–H and O–H groups in total. The summed E-state index contributed by atoms with van der Waals surface area (Å²) in [6.07, 6.45) is 0. The molecule has 23 heavy (non-hydrogen) atoms. The number of nitrogens with zero attached hydrogens (tertiary/aromatic N) is 4. The monoisotopic (exact) mass is 388 g/mol. The lowest BCUT2D eigenvalue weighted by Crippen LogP contribution is -2.46. The Labute approximate surface area is 147 Å². The number of aryl methyl sites for hydroxylation is 1. The summed E-state index contributed by atoms with van der Waals surface area (Å²) < 4.78 is 1.05. The van der Waals surface area contributed by atoms with Crippen LogP contribution in [0.25, 0.3) is 10.9 Å². The molecule has 0 saturated carbocycles. The summed E-state index contributed by atoms with van der Waals surface area (Å²) in [5.74, 6) is 1.05. The Morgan fingerprint density at radius 1 is 1.00 bits per heavy atom. The van der Waals surface area contributed by atoms with E-state index in [-0.39, 0.29) is 0 Å². The molecule has 118 valence electrons. The van der Waals surface area contributed by atoms with Crippen LogP contribution in [0.4, 0.5) is 10.9 Å². The van der Waals surface area contributed by atoms with Crippen LogP contribution in [0.1, 0.15) is 5.69 Å². The predicted molar refractivity (Wildman–Crippen MR) is 101 cm³/mol. The first kappa shape index (κ1) is 14.9. The van der Waals surface area contributed by atoms with Gasteiger partial charge in [-0.15, -0.1) is 11.3 Å². The number of thiazole rings is 1. The molecule has 0 atom stereocenters. The van der Waals surface area contributed by atoms with E-state index < -0.39 is 0 Å². The van der Waals surface area contributed by atoms with E-state index in [1.165, 1.54) is 5.39 Å². The standard InChI is InChI=1S/C17H17BrN4S/c1-12-11-23-17(19-12)22-9-7-21(8-10-22)15-6-5-13-3-2-4-14(18)16(13)20-15/h2-6,11H,7-10H2,1H3. The van der Waals surface area contributed by atoms with Gasteiger partial charge in [0.2, 0.25) is 0 Å². The molecule has 1 aliphatic rings. The van der Waals surface area contributed by atoms with E-state index >= 15 is 0 Å².